The van der Waals surface area contributed by atoms with E-state index >= 15 is 0 Å². The number of alkyl halides is 3. The van der Waals surface area contributed by atoms with Crippen LogP contribution in [0.1, 0.15) is 38.4 Å². The van der Waals surface area contributed by atoms with Crippen LogP contribution in [-0.4, -0.2) is 46.5 Å². The van der Waals surface area contributed by atoms with Gasteiger partial charge in [-0.2, -0.15) is 18.2 Å². The summed E-state index contributed by atoms with van der Waals surface area (Å²) in [6.07, 6.45) is -3.85. The lowest BCUT2D eigenvalue weighted by atomic mass is 9.96. The van der Waals surface area contributed by atoms with Crippen molar-refractivity contribution in [3.8, 4) is 0 Å². The van der Waals surface area contributed by atoms with E-state index in [1.807, 2.05) is 13.8 Å². The van der Waals surface area contributed by atoms with E-state index in [1.54, 1.807) is 4.90 Å². The van der Waals surface area contributed by atoms with Gasteiger partial charge in [-0.05, 0) is 12.3 Å². The van der Waals surface area contributed by atoms with Crippen molar-refractivity contribution in [3.63, 3.8) is 0 Å². The SMILES string of the molecule is CC(C)CN1C[C@H](C(=O)NCCc2noc(C(F)(F)F)n2)CCC1=O. The predicted molar refractivity (Wildman–Crippen MR) is 80.2 cm³/mol. The number of amides is 2. The minimum absolute atomic E-state index is 0.0344. The maximum atomic E-state index is 12.4. The van der Waals surface area contributed by atoms with Crippen molar-refractivity contribution in [3.05, 3.63) is 11.7 Å². The number of carbonyl (C=O) groups is 2. The molecule has 10 heteroatoms. The van der Waals surface area contributed by atoms with Crippen LogP contribution in [0.3, 0.4) is 0 Å². The molecule has 0 unspecified atom stereocenters. The number of piperidine rings is 1. The number of nitrogens with one attached hydrogen (secondary N) is 1. The molecule has 0 bridgehead atoms. The number of carbonyl (C=O) groups excluding carboxylic acids is 2. The van der Waals surface area contributed by atoms with Crippen molar-refractivity contribution in [2.24, 2.45) is 11.8 Å². The topological polar surface area (TPSA) is 88.3 Å². The summed E-state index contributed by atoms with van der Waals surface area (Å²) < 4.78 is 41.2. The summed E-state index contributed by atoms with van der Waals surface area (Å²) in [5.41, 5.74) is 0. The fraction of sp³-hybridized carbons (Fsp3) is 0.733. The quantitative estimate of drug-likeness (QED) is 0.831. The molecule has 1 atom stereocenters. The monoisotopic (exact) mass is 362 g/mol. The molecule has 0 radical (unpaired) electrons. The Labute approximate surface area is 142 Å². The van der Waals surface area contributed by atoms with Crippen LogP contribution in [0.15, 0.2) is 4.52 Å². The maximum absolute atomic E-state index is 12.4. The third-order valence-corrected chi connectivity index (χ3v) is 3.81. The smallest absolute Gasteiger partial charge is 0.355 e. The molecule has 1 aliphatic rings. The number of nitrogens with zero attached hydrogens (tertiary/aromatic N) is 3. The molecular weight excluding hydrogens is 341 g/mol. The zero-order valence-corrected chi connectivity index (χ0v) is 14.1. The first-order valence-electron chi connectivity index (χ1n) is 8.12. The van der Waals surface area contributed by atoms with Crippen LogP contribution >= 0.6 is 0 Å². The minimum atomic E-state index is -4.68. The van der Waals surface area contributed by atoms with Gasteiger partial charge in [0.25, 0.3) is 0 Å². The van der Waals surface area contributed by atoms with Crippen LogP contribution in [0.25, 0.3) is 0 Å². The number of hydrogen-bond acceptors (Lipinski definition) is 5. The summed E-state index contributed by atoms with van der Waals surface area (Å²) in [6.45, 7) is 5.06. The van der Waals surface area contributed by atoms with Crippen LogP contribution in [0.5, 0.6) is 0 Å². The van der Waals surface area contributed by atoms with Gasteiger partial charge in [0.15, 0.2) is 5.82 Å². The van der Waals surface area contributed by atoms with Crippen molar-refractivity contribution >= 4 is 11.8 Å². The molecule has 1 aromatic heterocycles. The Hall–Kier alpha value is -2.13. The normalized spacial score (nSPS) is 18.7. The number of rotatable bonds is 6. The predicted octanol–water partition coefficient (Wildman–Crippen LogP) is 1.64. The van der Waals surface area contributed by atoms with E-state index in [9.17, 15) is 22.8 Å². The van der Waals surface area contributed by atoms with Crippen molar-refractivity contribution in [2.75, 3.05) is 19.6 Å². The highest BCUT2D eigenvalue weighted by molar-refractivity contribution is 5.83. The lowest BCUT2D eigenvalue weighted by Gasteiger charge is -2.33. The van der Waals surface area contributed by atoms with Gasteiger partial charge in [0, 0.05) is 32.5 Å². The Kier molecular flexibility index (Phi) is 6.02. The number of hydrogen-bond donors (Lipinski definition) is 1. The van der Waals surface area contributed by atoms with Crippen LogP contribution in [-0.2, 0) is 22.2 Å². The van der Waals surface area contributed by atoms with E-state index in [2.05, 4.69) is 20.0 Å². The number of likely N-dealkylation sites (tertiary alicyclic amines) is 1. The second-order valence-corrected chi connectivity index (χ2v) is 6.48. The van der Waals surface area contributed by atoms with Gasteiger partial charge >= 0.3 is 12.1 Å². The minimum Gasteiger partial charge on any atom is -0.355 e. The first-order valence-corrected chi connectivity index (χ1v) is 8.12. The molecule has 1 aromatic rings. The van der Waals surface area contributed by atoms with Crippen LogP contribution < -0.4 is 5.32 Å². The average molecular weight is 362 g/mol. The zero-order valence-electron chi connectivity index (χ0n) is 14.1. The molecular formula is C15H21F3N4O3. The average Bonchev–Trinajstić information content (AvgIpc) is 2.98. The molecule has 0 aromatic carbocycles. The standard InChI is InChI=1S/C15H21F3N4O3/c1-9(2)7-22-8-10(3-4-12(22)23)13(24)19-6-5-11-20-14(25-21-11)15(16,17)18/h9-10H,3-8H2,1-2H3,(H,19,24)/t10-/m1/s1. The highest BCUT2D eigenvalue weighted by Crippen LogP contribution is 2.27. The molecule has 2 rings (SSSR count). The Balaban J connectivity index is 1.80. The van der Waals surface area contributed by atoms with Crippen LogP contribution in [0.2, 0.25) is 0 Å². The highest BCUT2D eigenvalue weighted by Gasteiger charge is 2.38. The Morgan fingerprint density at radius 2 is 2.16 bits per heavy atom. The van der Waals surface area contributed by atoms with Crippen molar-refractivity contribution in [1.29, 1.82) is 0 Å². The van der Waals surface area contributed by atoms with Crippen LogP contribution in [0, 0.1) is 11.8 Å². The van der Waals surface area contributed by atoms with Crippen molar-refractivity contribution < 1.29 is 27.3 Å². The molecule has 2 amide bonds. The Bertz CT molecular complexity index is 615. The molecule has 7 nitrogen and oxygen atoms in total. The van der Waals surface area contributed by atoms with E-state index in [0.29, 0.717) is 31.8 Å². The van der Waals surface area contributed by atoms with Crippen molar-refractivity contribution in [1.82, 2.24) is 20.4 Å². The number of halogens is 3. The first kappa shape index (κ1) is 19.2. The van der Waals surface area contributed by atoms with Gasteiger partial charge in [0.1, 0.15) is 0 Å². The van der Waals surface area contributed by atoms with E-state index in [1.165, 1.54) is 0 Å². The molecule has 0 saturated carbocycles. The fourth-order valence-corrected chi connectivity index (χ4v) is 2.66. The summed E-state index contributed by atoms with van der Waals surface area (Å²) in [6, 6.07) is 0. The van der Waals surface area contributed by atoms with E-state index in [-0.39, 0.29) is 36.5 Å². The summed E-state index contributed by atoms with van der Waals surface area (Å²) in [4.78, 5) is 29.0. The van der Waals surface area contributed by atoms with Gasteiger partial charge in [-0.1, -0.05) is 19.0 Å². The third-order valence-electron chi connectivity index (χ3n) is 3.81. The van der Waals surface area contributed by atoms with E-state index < -0.39 is 12.1 Å². The van der Waals surface area contributed by atoms with Gasteiger partial charge in [-0.15, -0.1) is 0 Å². The molecule has 140 valence electrons. The third kappa shape index (κ3) is 5.43. The highest BCUT2D eigenvalue weighted by atomic mass is 19.4. The lowest BCUT2D eigenvalue weighted by Crippen LogP contribution is -2.47. The van der Waals surface area contributed by atoms with Gasteiger partial charge in [-0.3, -0.25) is 9.59 Å². The van der Waals surface area contributed by atoms with E-state index in [0.717, 1.165) is 0 Å². The molecule has 1 fully saturated rings. The summed E-state index contributed by atoms with van der Waals surface area (Å²) in [5, 5.41) is 5.89. The molecule has 1 aliphatic heterocycles. The maximum Gasteiger partial charge on any atom is 0.471 e. The Morgan fingerprint density at radius 1 is 1.44 bits per heavy atom. The second kappa shape index (κ2) is 7.83. The molecule has 2 heterocycles. The summed E-state index contributed by atoms with van der Waals surface area (Å²) >= 11 is 0. The first-order chi connectivity index (χ1) is 11.7. The molecule has 0 aliphatic carbocycles. The summed E-state index contributed by atoms with van der Waals surface area (Å²) in [5.74, 6) is -1.69. The fourth-order valence-electron chi connectivity index (χ4n) is 2.66. The Morgan fingerprint density at radius 3 is 2.76 bits per heavy atom. The summed E-state index contributed by atoms with van der Waals surface area (Å²) in [7, 11) is 0. The van der Waals surface area contributed by atoms with Crippen molar-refractivity contribution in [2.45, 2.75) is 39.3 Å². The largest absolute Gasteiger partial charge is 0.471 e. The van der Waals surface area contributed by atoms with Crippen LogP contribution in [0.4, 0.5) is 13.2 Å². The van der Waals surface area contributed by atoms with Gasteiger partial charge in [0.05, 0.1) is 5.92 Å². The molecule has 1 saturated heterocycles. The lowest BCUT2D eigenvalue weighted by molar-refractivity contribution is -0.159. The van der Waals surface area contributed by atoms with Gasteiger partial charge < -0.3 is 14.7 Å². The van der Waals surface area contributed by atoms with Gasteiger partial charge in [-0.25, -0.2) is 0 Å². The molecule has 1 N–H and O–H groups in total. The molecule has 0 spiro atoms. The second-order valence-electron chi connectivity index (χ2n) is 6.48. The molecule has 25 heavy (non-hydrogen) atoms. The number of aromatic nitrogens is 2. The van der Waals surface area contributed by atoms with Gasteiger partial charge in [0.2, 0.25) is 11.8 Å². The zero-order chi connectivity index (χ0) is 18.6. The van der Waals surface area contributed by atoms with E-state index in [4.69, 9.17) is 0 Å².